The van der Waals surface area contributed by atoms with Crippen molar-refractivity contribution in [2.75, 3.05) is 16.7 Å². The van der Waals surface area contributed by atoms with Crippen LogP contribution in [0.5, 0.6) is 5.75 Å². The Labute approximate surface area is 165 Å². The minimum atomic E-state index is -3.92. The molecule has 1 heterocycles. The van der Waals surface area contributed by atoms with Crippen molar-refractivity contribution in [2.45, 2.75) is 0 Å². The fourth-order valence-electron chi connectivity index (χ4n) is 2.60. The highest BCUT2D eigenvalue weighted by molar-refractivity contribution is 7.90. The molecule has 0 bridgehead atoms. The van der Waals surface area contributed by atoms with Gasteiger partial charge in [-0.2, -0.15) is 8.42 Å². The van der Waals surface area contributed by atoms with E-state index in [0.29, 0.717) is 23.0 Å². The molecule has 0 saturated carbocycles. The van der Waals surface area contributed by atoms with Crippen LogP contribution >= 0.6 is 11.6 Å². The minimum absolute atomic E-state index is 0.206. The number of hydrogen-bond acceptors (Lipinski definition) is 6. The third-order valence-electron chi connectivity index (χ3n) is 3.94. The number of rotatable bonds is 5. The Balaban J connectivity index is 1.95. The van der Waals surface area contributed by atoms with E-state index in [9.17, 15) is 17.9 Å². The van der Waals surface area contributed by atoms with Gasteiger partial charge in [-0.3, -0.25) is 9.29 Å². The molecule has 0 aliphatic rings. The Morgan fingerprint density at radius 3 is 2.57 bits per heavy atom. The third-order valence-corrected chi connectivity index (χ3v) is 4.77. The van der Waals surface area contributed by atoms with Gasteiger partial charge < -0.3 is 10.0 Å². The molecule has 4 N–H and O–H groups in total. The summed E-state index contributed by atoms with van der Waals surface area (Å²) in [6.45, 7) is 0. The van der Waals surface area contributed by atoms with Crippen molar-refractivity contribution in [3.8, 4) is 17.1 Å². The number of nitrogens with zero attached hydrogens (tertiary/aromatic N) is 4. The van der Waals surface area contributed by atoms with E-state index in [1.807, 2.05) is 0 Å². The van der Waals surface area contributed by atoms with Gasteiger partial charge in [0.25, 0.3) is 10.2 Å². The van der Waals surface area contributed by atoms with Gasteiger partial charge in [0.1, 0.15) is 0 Å². The highest BCUT2D eigenvalue weighted by atomic mass is 35.5. The molecule has 0 spiro atoms. The van der Waals surface area contributed by atoms with Crippen LogP contribution in [0.1, 0.15) is 0 Å². The normalized spacial score (nSPS) is 11.5. The van der Waals surface area contributed by atoms with Crippen molar-refractivity contribution in [3.05, 3.63) is 47.2 Å². The maximum Gasteiger partial charge on any atom is 0.296 e. The Bertz CT molecular complexity index is 1150. The number of phenols is 1. The lowest BCUT2D eigenvalue weighted by Gasteiger charge is -2.18. The summed E-state index contributed by atoms with van der Waals surface area (Å²) in [7, 11) is -0.532. The van der Waals surface area contributed by atoms with Crippen LogP contribution in [0, 0.1) is 5.82 Å². The number of aromatic hydroxyl groups is 1. The van der Waals surface area contributed by atoms with Gasteiger partial charge in [0, 0.05) is 31.4 Å². The van der Waals surface area contributed by atoms with Gasteiger partial charge in [0.15, 0.2) is 17.4 Å². The molecule has 12 heteroatoms. The predicted octanol–water partition coefficient (Wildman–Crippen LogP) is 2.36. The number of aromatic nitrogens is 3. The summed E-state index contributed by atoms with van der Waals surface area (Å²) in [4.78, 5) is 1.61. The summed E-state index contributed by atoms with van der Waals surface area (Å²) in [6, 6.07) is 8.37. The van der Waals surface area contributed by atoms with E-state index in [1.54, 1.807) is 29.6 Å². The smallest absolute Gasteiger partial charge is 0.296 e. The minimum Gasteiger partial charge on any atom is -0.505 e. The van der Waals surface area contributed by atoms with Crippen LogP contribution in [-0.2, 0) is 17.3 Å². The number of nitrogens with two attached hydrogens (primary N) is 1. The topological polar surface area (TPSA) is 126 Å². The monoisotopic (exact) mass is 426 g/mol. The predicted molar refractivity (Wildman–Crippen MR) is 104 cm³/mol. The van der Waals surface area contributed by atoms with E-state index < -0.39 is 21.8 Å². The molecule has 1 aromatic heterocycles. The molecule has 148 valence electrons. The number of nitrogens with one attached hydrogen (secondary N) is 1. The molecule has 0 saturated heterocycles. The average Bonchev–Trinajstić information content (AvgIpc) is 2.97. The van der Waals surface area contributed by atoms with Crippen molar-refractivity contribution >= 4 is 39.1 Å². The maximum atomic E-state index is 13.3. The molecular weight excluding hydrogens is 411 g/mol. The van der Waals surface area contributed by atoms with Crippen molar-refractivity contribution in [1.29, 1.82) is 0 Å². The fraction of sp³-hybridized carbons (Fsp3) is 0.125. The molecule has 3 aromatic rings. The Morgan fingerprint density at radius 1 is 1.25 bits per heavy atom. The van der Waals surface area contributed by atoms with Gasteiger partial charge in [-0.1, -0.05) is 11.6 Å². The van der Waals surface area contributed by atoms with Crippen LogP contribution < -0.4 is 14.8 Å². The summed E-state index contributed by atoms with van der Waals surface area (Å²) in [5.74, 6) is -0.382. The van der Waals surface area contributed by atoms with Gasteiger partial charge in [-0.25, -0.2) is 9.53 Å². The Hall–Kier alpha value is -2.89. The molecule has 0 aliphatic carbocycles. The van der Waals surface area contributed by atoms with E-state index in [1.165, 1.54) is 24.3 Å². The van der Waals surface area contributed by atoms with E-state index in [-0.39, 0.29) is 10.7 Å². The number of phenolic OH excluding ortho intramolecular Hbond substituents is 1. The summed E-state index contributed by atoms with van der Waals surface area (Å²) in [5, 5.41) is 23.0. The van der Waals surface area contributed by atoms with Gasteiger partial charge in [0.05, 0.1) is 10.7 Å². The lowest BCUT2D eigenvalue weighted by atomic mass is 10.2. The number of benzene rings is 2. The molecule has 0 atom stereocenters. The molecule has 0 unspecified atom stereocenters. The highest BCUT2D eigenvalue weighted by Gasteiger charge is 2.18. The SMILES string of the molecule is CN(c1ccc(F)c(O)c1)c1nnc(-c2ccc(NS(N)(=O)=O)cc2Cl)n1C. The molecular formula is C16H16ClFN6O3S. The van der Waals surface area contributed by atoms with E-state index >= 15 is 0 Å². The zero-order chi connectivity index (χ0) is 20.6. The molecule has 3 rings (SSSR count). The van der Waals surface area contributed by atoms with Crippen LogP contribution in [-0.4, -0.2) is 35.3 Å². The third kappa shape index (κ3) is 4.01. The maximum absolute atomic E-state index is 13.3. The first-order valence-electron chi connectivity index (χ1n) is 7.79. The van der Waals surface area contributed by atoms with Crippen molar-refractivity contribution in [2.24, 2.45) is 12.2 Å². The summed E-state index contributed by atoms with van der Waals surface area (Å²) < 4.78 is 39.3. The van der Waals surface area contributed by atoms with Crippen LogP contribution in [0.15, 0.2) is 36.4 Å². The zero-order valence-corrected chi connectivity index (χ0v) is 16.3. The molecule has 0 amide bonds. The summed E-state index contributed by atoms with van der Waals surface area (Å²) in [5.41, 5.74) is 1.22. The number of hydrogen-bond donors (Lipinski definition) is 3. The molecule has 2 aromatic carbocycles. The van der Waals surface area contributed by atoms with Gasteiger partial charge in [-0.15, -0.1) is 10.2 Å². The second kappa shape index (κ2) is 7.26. The lowest BCUT2D eigenvalue weighted by Crippen LogP contribution is -2.21. The van der Waals surface area contributed by atoms with Crippen molar-refractivity contribution in [1.82, 2.24) is 14.8 Å². The first-order valence-corrected chi connectivity index (χ1v) is 9.71. The van der Waals surface area contributed by atoms with Gasteiger partial charge in [-0.05, 0) is 30.3 Å². The van der Waals surface area contributed by atoms with Crippen molar-refractivity contribution < 1.29 is 17.9 Å². The van der Waals surface area contributed by atoms with Crippen LogP contribution in [0.4, 0.5) is 21.7 Å². The first kappa shape index (κ1) is 19.9. The molecule has 0 aliphatic heterocycles. The quantitative estimate of drug-likeness (QED) is 0.574. The largest absolute Gasteiger partial charge is 0.505 e. The average molecular weight is 427 g/mol. The summed E-state index contributed by atoms with van der Waals surface area (Å²) >= 11 is 6.26. The molecule has 0 fully saturated rings. The second-order valence-electron chi connectivity index (χ2n) is 5.92. The molecule has 9 nitrogen and oxygen atoms in total. The summed E-state index contributed by atoms with van der Waals surface area (Å²) in [6.07, 6.45) is 0. The standard InChI is InChI=1S/C16H16ClFN6O3S/c1-23(10-4-6-13(18)14(25)8-10)16-21-20-15(24(16)2)11-5-3-9(7-12(11)17)22-28(19,26)27/h3-8,22,25H,1-2H3,(H2,19,26,27). The first-order chi connectivity index (χ1) is 13.1. The fourth-order valence-corrected chi connectivity index (χ4v) is 3.32. The molecule has 0 radical (unpaired) electrons. The van der Waals surface area contributed by atoms with Crippen molar-refractivity contribution in [3.63, 3.8) is 0 Å². The van der Waals surface area contributed by atoms with Gasteiger partial charge >= 0.3 is 0 Å². The molecule has 28 heavy (non-hydrogen) atoms. The van der Waals surface area contributed by atoms with Crippen LogP contribution in [0.25, 0.3) is 11.4 Å². The van der Waals surface area contributed by atoms with Crippen LogP contribution in [0.3, 0.4) is 0 Å². The Morgan fingerprint density at radius 2 is 1.96 bits per heavy atom. The number of halogens is 2. The van der Waals surface area contributed by atoms with E-state index in [2.05, 4.69) is 14.9 Å². The Kier molecular flexibility index (Phi) is 5.15. The highest BCUT2D eigenvalue weighted by Crippen LogP contribution is 2.32. The van der Waals surface area contributed by atoms with Gasteiger partial charge in [0.2, 0.25) is 5.95 Å². The van der Waals surface area contributed by atoms with Crippen LogP contribution in [0.2, 0.25) is 5.02 Å². The lowest BCUT2D eigenvalue weighted by molar-refractivity contribution is 0.432. The number of anilines is 3. The zero-order valence-electron chi connectivity index (χ0n) is 14.8. The van der Waals surface area contributed by atoms with E-state index in [0.717, 1.165) is 6.07 Å². The second-order valence-corrected chi connectivity index (χ2v) is 7.62. The van der Waals surface area contributed by atoms with E-state index in [4.69, 9.17) is 16.7 Å².